The summed E-state index contributed by atoms with van der Waals surface area (Å²) in [6.07, 6.45) is 5.62. The summed E-state index contributed by atoms with van der Waals surface area (Å²) in [7, 11) is 0. The van der Waals surface area contributed by atoms with Gasteiger partial charge in [-0.2, -0.15) is 0 Å². The highest BCUT2D eigenvalue weighted by Crippen LogP contribution is 2.28. The Bertz CT molecular complexity index is 543. The first-order valence-corrected chi connectivity index (χ1v) is 8.26. The van der Waals surface area contributed by atoms with E-state index in [4.69, 9.17) is 0 Å². The van der Waals surface area contributed by atoms with Crippen LogP contribution in [0.2, 0.25) is 0 Å². The minimum absolute atomic E-state index is 0.762. The molecule has 3 nitrogen and oxygen atoms in total. The molecule has 1 aliphatic carbocycles. The maximum absolute atomic E-state index is 4.17. The molecule has 2 aromatic rings. The predicted octanol–water partition coefficient (Wildman–Crippen LogP) is 3.42. The maximum atomic E-state index is 4.17. The van der Waals surface area contributed by atoms with Gasteiger partial charge < -0.3 is 5.32 Å². The number of aromatic nitrogens is 2. The molecular formula is C16H19N3S. The number of fused-ring (bicyclic) bond motifs is 1. The molecule has 0 saturated heterocycles. The molecule has 1 N–H and O–H groups in total. The average Bonchev–Trinajstić information content (AvgIpc) is 2.90. The number of nitrogens with one attached hydrogen (secondary N) is 1. The summed E-state index contributed by atoms with van der Waals surface area (Å²) in [6.45, 7) is 0.964. The van der Waals surface area contributed by atoms with Gasteiger partial charge in [-0.15, -0.1) is 22.0 Å². The largest absolute Gasteiger partial charge is 0.369 e. The number of rotatable bonds is 5. The van der Waals surface area contributed by atoms with Crippen LogP contribution in [0.15, 0.2) is 41.4 Å². The molecule has 0 spiro atoms. The highest BCUT2D eigenvalue weighted by molar-refractivity contribution is 7.98. The van der Waals surface area contributed by atoms with Crippen LogP contribution in [-0.2, 0) is 12.8 Å². The molecule has 0 atom stereocenters. The Balaban J connectivity index is 1.47. The van der Waals surface area contributed by atoms with Crippen LogP contribution in [0.5, 0.6) is 0 Å². The average molecular weight is 285 g/mol. The summed E-state index contributed by atoms with van der Waals surface area (Å²) in [5.74, 6) is 1.64. The van der Waals surface area contributed by atoms with Crippen LogP contribution in [0.3, 0.4) is 0 Å². The standard InChI is InChI=1S/C16H19N3S/c1-20-16-7-6-15(18-19-16)17-9-8-12-10-13-4-2-3-5-14(13)11-12/h2-7,12H,8-11H2,1H3,(H,17,18). The third-order valence-electron chi connectivity index (χ3n) is 3.84. The lowest BCUT2D eigenvalue weighted by Gasteiger charge is -2.10. The second-order valence-electron chi connectivity index (χ2n) is 5.22. The predicted molar refractivity (Wildman–Crippen MR) is 84.3 cm³/mol. The molecule has 4 heteroatoms. The van der Waals surface area contributed by atoms with E-state index in [1.807, 2.05) is 18.4 Å². The van der Waals surface area contributed by atoms with Crippen molar-refractivity contribution in [2.75, 3.05) is 18.1 Å². The van der Waals surface area contributed by atoms with Crippen molar-refractivity contribution in [1.82, 2.24) is 10.2 Å². The van der Waals surface area contributed by atoms with Crippen molar-refractivity contribution in [3.63, 3.8) is 0 Å². The number of hydrogen-bond acceptors (Lipinski definition) is 4. The van der Waals surface area contributed by atoms with Gasteiger partial charge in [0.2, 0.25) is 0 Å². The van der Waals surface area contributed by atoms with Gasteiger partial charge in [0.1, 0.15) is 10.8 Å². The Morgan fingerprint density at radius 3 is 2.45 bits per heavy atom. The van der Waals surface area contributed by atoms with Crippen molar-refractivity contribution in [1.29, 1.82) is 0 Å². The zero-order valence-corrected chi connectivity index (χ0v) is 12.5. The first kappa shape index (κ1) is 13.4. The number of benzene rings is 1. The molecule has 1 aliphatic rings. The van der Waals surface area contributed by atoms with Crippen LogP contribution >= 0.6 is 11.8 Å². The molecular weight excluding hydrogens is 266 g/mol. The molecule has 20 heavy (non-hydrogen) atoms. The Kier molecular flexibility index (Phi) is 4.21. The fourth-order valence-electron chi connectivity index (χ4n) is 2.78. The molecule has 0 radical (unpaired) electrons. The van der Waals surface area contributed by atoms with Crippen molar-refractivity contribution in [3.8, 4) is 0 Å². The van der Waals surface area contributed by atoms with Crippen molar-refractivity contribution >= 4 is 17.6 Å². The maximum Gasteiger partial charge on any atom is 0.148 e. The van der Waals surface area contributed by atoms with Crippen LogP contribution in [0.1, 0.15) is 17.5 Å². The first-order valence-electron chi connectivity index (χ1n) is 7.03. The van der Waals surface area contributed by atoms with Gasteiger partial charge in [0.05, 0.1) is 0 Å². The summed E-state index contributed by atoms with van der Waals surface area (Å²) in [5, 5.41) is 12.6. The van der Waals surface area contributed by atoms with E-state index in [2.05, 4.69) is 39.8 Å². The van der Waals surface area contributed by atoms with Gasteiger partial charge in [-0.3, -0.25) is 0 Å². The van der Waals surface area contributed by atoms with Crippen LogP contribution in [0.4, 0.5) is 5.82 Å². The van der Waals surface area contributed by atoms with Gasteiger partial charge in [0.25, 0.3) is 0 Å². The minimum Gasteiger partial charge on any atom is -0.369 e. The normalized spacial score (nSPS) is 14.2. The van der Waals surface area contributed by atoms with E-state index >= 15 is 0 Å². The van der Waals surface area contributed by atoms with Crippen molar-refractivity contribution in [3.05, 3.63) is 47.5 Å². The van der Waals surface area contributed by atoms with Crippen LogP contribution in [0, 0.1) is 5.92 Å². The minimum atomic E-state index is 0.762. The number of thioether (sulfide) groups is 1. The van der Waals surface area contributed by atoms with Crippen molar-refractivity contribution < 1.29 is 0 Å². The van der Waals surface area contributed by atoms with Gasteiger partial charge in [-0.05, 0) is 54.7 Å². The molecule has 1 heterocycles. The number of hydrogen-bond donors (Lipinski definition) is 1. The molecule has 104 valence electrons. The summed E-state index contributed by atoms with van der Waals surface area (Å²) in [5.41, 5.74) is 3.06. The molecule has 0 amide bonds. The summed E-state index contributed by atoms with van der Waals surface area (Å²) in [6, 6.07) is 12.8. The quantitative estimate of drug-likeness (QED) is 0.854. The summed E-state index contributed by atoms with van der Waals surface area (Å²) < 4.78 is 0. The zero-order valence-electron chi connectivity index (χ0n) is 11.7. The van der Waals surface area contributed by atoms with Crippen LogP contribution < -0.4 is 5.32 Å². The first-order chi connectivity index (χ1) is 9.85. The smallest absolute Gasteiger partial charge is 0.148 e. The van der Waals surface area contributed by atoms with Gasteiger partial charge in [-0.1, -0.05) is 24.3 Å². The molecule has 0 saturated carbocycles. The Morgan fingerprint density at radius 1 is 1.10 bits per heavy atom. The fourth-order valence-corrected chi connectivity index (χ4v) is 3.11. The Morgan fingerprint density at radius 2 is 1.85 bits per heavy atom. The van der Waals surface area contributed by atoms with E-state index in [0.29, 0.717) is 0 Å². The van der Waals surface area contributed by atoms with Gasteiger partial charge >= 0.3 is 0 Å². The second kappa shape index (κ2) is 6.27. The molecule has 0 bridgehead atoms. The SMILES string of the molecule is CSc1ccc(NCCC2Cc3ccccc3C2)nn1. The molecule has 0 aliphatic heterocycles. The number of anilines is 1. The van der Waals surface area contributed by atoms with Gasteiger partial charge in [0, 0.05) is 6.54 Å². The molecule has 0 fully saturated rings. The third-order valence-corrected chi connectivity index (χ3v) is 4.48. The van der Waals surface area contributed by atoms with Crippen LogP contribution in [0.25, 0.3) is 0 Å². The van der Waals surface area contributed by atoms with Crippen molar-refractivity contribution in [2.45, 2.75) is 24.3 Å². The Labute approximate surface area is 124 Å². The monoisotopic (exact) mass is 285 g/mol. The van der Waals surface area contributed by atoms with E-state index in [9.17, 15) is 0 Å². The molecule has 1 aromatic carbocycles. The fraction of sp³-hybridized carbons (Fsp3) is 0.375. The molecule has 1 aromatic heterocycles. The van der Waals surface area contributed by atoms with E-state index < -0.39 is 0 Å². The van der Waals surface area contributed by atoms with E-state index in [1.54, 1.807) is 11.8 Å². The lowest BCUT2D eigenvalue weighted by atomic mass is 10.0. The van der Waals surface area contributed by atoms with Crippen LogP contribution in [-0.4, -0.2) is 23.0 Å². The zero-order chi connectivity index (χ0) is 13.8. The van der Waals surface area contributed by atoms with Gasteiger partial charge in [0.15, 0.2) is 0 Å². The highest BCUT2D eigenvalue weighted by Gasteiger charge is 2.20. The van der Waals surface area contributed by atoms with Crippen molar-refractivity contribution in [2.24, 2.45) is 5.92 Å². The third kappa shape index (κ3) is 3.12. The second-order valence-corrected chi connectivity index (χ2v) is 6.05. The topological polar surface area (TPSA) is 37.8 Å². The molecule has 0 unspecified atom stereocenters. The van der Waals surface area contributed by atoms with E-state index in [1.165, 1.54) is 30.4 Å². The summed E-state index contributed by atoms with van der Waals surface area (Å²) >= 11 is 1.61. The lowest BCUT2D eigenvalue weighted by molar-refractivity contribution is 0.529. The molecule has 3 rings (SSSR count). The van der Waals surface area contributed by atoms with Gasteiger partial charge in [-0.25, -0.2) is 0 Å². The lowest BCUT2D eigenvalue weighted by Crippen LogP contribution is -2.10. The Hall–Kier alpha value is -1.55. The highest BCUT2D eigenvalue weighted by atomic mass is 32.2. The van der Waals surface area contributed by atoms with E-state index in [0.717, 1.165) is 23.3 Å². The number of nitrogens with zero attached hydrogens (tertiary/aromatic N) is 2. The summed E-state index contributed by atoms with van der Waals surface area (Å²) in [4.78, 5) is 0. The van der Waals surface area contributed by atoms with E-state index in [-0.39, 0.29) is 0 Å².